The average molecular weight is 270 g/mol. The largest absolute Gasteiger partial charge is 0.397 e. The first-order valence-electron chi connectivity index (χ1n) is 5.85. The highest BCUT2D eigenvalue weighted by molar-refractivity contribution is 6.29. The minimum atomic E-state index is -0.210. The number of nitrogens with two attached hydrogens (primary N) is 1. The number of aromatic nitrogens is 1. The van der Waals surface area contributed by atoms with Crippen molar-refractivity contribution in [2.45, 2.75) is 31.4 Å². The van der Waals surface area contributed by atoms with E-state index in [2.05, 4.69) is 10.3 Å². The maximum absolute atomic E-state index is 12.1. The van der Waals surface area contributed by atoms with E-state index < -0.39 is 0 Å². The molecule has 2 rings (SSSR count). The Morgan fingerprint density at radius 2 is 2.39 bits per heavy atom. The molecule has 0 bridgehead atoms. The number of pyridine rings is 1. The number of rotatable bonds is 3. The lowest BCUT2D eigenvalue weighted by Gasteiger charge is -2.13. The molecule has 1 aromatic rings. The van der Waals surface area contributed by atoms with Gasteiger partial charge in [-0.25, -0.2) is 4.98 Å². The van der Waals surface area contributed by atoms with Crippen LogP contribution in [0.25, 0.3) is 0 Å². The van der Waals surface area contributed by atoms with Gasteiger partial charge in [-0.15, -0.1) is 0 Å². The van der Waals surface area contributed by atoms with Crippen LogP contribution in [-0.2, 0) is 4.74 Å². The smallest absolute Gasteiger partial charge is 0.253 e. The standard InChI is InChI=1S/C12H16ClN3O2/c1-18-8-3-2-7(4-8)16-12(17)9-5-11(13)15-6-10(9)14/h5-8H,2-4,14H2,1H3,(H,16,17). The minimum Gasteiger partial charge on any atom is -0.397 e. The van der Waals surface area contributed by atoms with Crippen LogP contribution in [0.15, 0.2) is 12.3 Å². The van der Waals surface area contributed by atoms with Crippen molar-refractivity contribution in [2.24, 2.45) is 0 Å². The fraction of sp³-hybridized carbons (Fsp3) is 0.500. The molecular formula is C12H16ClN3O2. The van der Waals surface area contributed by atoms with Crippen molar-refractivity contribution in [1.82, 2.24) is 10.3 Å². The Hall–Kier alpha value is -1.33. The molecule has 5 nitrogen and oxygen atoms in total. The van der Waals surface area contributed by atoms with Gasteiger partial charge in [-0.05, 0) is 25.3 Å². The van der Waals surface area contributed by atoms with E-state index in [-0.39, 0.29) is 23.2 Å². The first-order valence-corrected chi connectivity index (χ1v) is 6.22. The summed E-state index contributed by atoms with van der Waals surface area (Å²) in [4.78, 5) is 15.9. The Morgan fingerprint density at radius 1 is 1.61 bits per heavy atom. The summed E-state index contributed by atoms with van der Waals surface area (Å²) < 4.78 is 5.26. The van der Waals surface area contributed by atoms with Gasteiger partial charge in [0.25, 0.3) is 5.91 Å². The van der Waals surface area contributed by atoms with Crippen molar-refractivity contribution < 1.29 is 9.53 Å². The molecule has 0 aromatic carbocycles. The second-order valence-electron chi connectivity index (χ2n) is 4.44. The van der Waals surface area contributed by atoms with E-state index in [9.17, 15) is 4.79 Å². The van der Waals surface area contributed by atoms with E-state index in [0.29, 0.717) is 11.3 Å². The predicted octanol–water partition coefficient (Wildman–Crippen LogP) is 1.61. The highest BCUT2D eigenvalue weighted by Gasteiger charge is 2.26. The number of nitrogens with one attached hydrogen (secondary N) is 1. The Balaban J connectivity index is 2.02. The van der Waals surface area contributed by atoms with Crippen molar-refractivity contribution in [2.75, 3.05) is 12.8 Å². The van der Waals surface area contributed by atoms with Crippen LogP contribution in [0, 0.1) is 0 Å². The van der Waals surface area contributed by atoms with E-state index in [1.807, 2.05) is 0 Å². The summed E-state index contributed by atoms with van der Waals surface area (Å²) in [5.41, 5.74) is 6.41. The van der Waals surface area contributed by atoms with Gasteiger partial charge in [-0.2, -0.15) is 0 Å². The molecule has 0 radical (unpaired) electrons. The van der Waals surface area contributed by atoms with Crippen LogP contribution >= 0.6 is 11.6 Å². The number of nitrogens with zero attached hydrogens (tertiary/aromatic N) is 1. The lowest BCUT2D eigenvalue weighted by Crippen LogP contribution is -2.33. The molecule has 2 unspecified atom stereocenters. The molecule has 1 fully saturated rings. The maximum atomic E-state index is 12.1. The Labute approximate surface area is 111 Å². The molecule has 0 aliphatic heterocycles. The van der Waals surface area contributed by atoms with E-state index in [0.717, 1.165) is 19.3 Å². The number of methoxy groups -OCH3 is 1. The summed E-state index contributed by atoms with van der Waals surface area (Å²) in [7, 11) is 1.69. The zero-order valence-electron chi connectivity index (χ0n) is 10.1. The number of nitrogen functional groups attached to an aromatic ring is 1. The number of halogens is 1. The summed E-state index contributed by atoms with van der Waals surface area (Å²) >= 11 is 5.76. The number of hydrogen-bond donors (Lipinski definition) is 2. The molecule has 1 aliphatic rings. The van der Waals surface area contributed by atoms with Crippen LogP contribution in [0.1, 0.15) is 29.6 Å². The number of amides is 1. The van der Waals surface area contributed by atoms with Crippen LogP contribution in [0.4, 0.5) is 5.69 Å². The van der Waals surface area contributed by atoms with Crippen molar-refractivity contribution in [1.29, 1.82) is 0 Å². The lowest BCUT2D eigenvalue weighted by molar-refractivity contribution is 0.0915. The number of carbonyl (C=O) groups excluding carboxylic acids is 1. The SMILES string of the molecule is COC1CCC(NC(=O)c2cc(Cl)ncc2N)C1. The van der Waals surface area contributed by atoms with Crippen LogP contribution in [0.2, 0.25) is 5.15 Å². The third-order valence-electron chi connectivity index (χ3n) is 3.20. The third-order valence-corrected chi connectivity index (χ3v) is 3.41. The fourth-order valence-electron chi connectivity index (χ4n) is 2.19. The van der Waals surface area contributed by atoms with Gasteiger partial charge in [0.1, 0.15) is 5.15 Å². The Kier molecular flexibility index (Phi) is 4.04. The zero-order valence-corrected chi connectivity index (χ0v) is 10.9. The summed E-state index contributed by atoms with van der Waals surface area (Å²) in [5, 5.41) is 3.20. The molecule has 1 amide bonds. The Morgan fingerprint density at radius 3 is 3.06 bits per heavy atom. The highest BCUT2D eigenvalue weighted by Crippen LogP contribution is 2.22. The van der Waals surface area contributed by atoms with Crippen molar-refractivity contribution >= 4 is 23.2 Å². The second kappa shape index (κ2) is 5.54. The van der Waals surface area contributed by atoms with Crippen LogP contribution in [-0.4, -0.2) is 30.1 Å². The predicted molar refractivity (Wildman–Crippen MR) is 69.6 cm³/mol. The van der Waals surface area contributed by atoms with E-state index >= 15 is 0 Å². The third kappa shape index (κ3) is 2.91. The quantitative estimate of drug-likeness (QED) is 0.818. The van der Waals surface area contributed by atoms with Gasteiger partial charge in [0.2, 0.25) is 0 Å². The molecule has 1 aromatic heterocycles. The molecule has 1 heterocycles. The van der Waals surface area contributed by atoms with Gasteiger partial charge < -0.3 is 15.8 Å². The number of carbonyl (C=O) groups is 1. The van der Waals surface area contributed by atoms with Gasteiger partial charge >= 0.3 is 0 Å². The number of hydrogen-bond acceptors (Lipinski definition) is 4. The van der Waals surface area contributed by atoms with Gasteiger partial charge in [-0.3, -0.25) is 4.79 Å². The second-order valence-corrected chi connectivity index (χ2v) is 4.82. The summed E-state index contributed by atoms with van der Waals surface area (Å²) in [5.74, 6) is -0.210. The average Bonchev–Trinajstić information content (AvgIpc) is 2.80. The molecule has 1 aliphatic carbocycles. The van der Waals surface area contributed by atoms with Gasteiger partial charge in [0, 0.05) is 13.2 Å². The molecule has 0 saturated heterocycles. The van der Waals surface area contributed by atoms with E-state index in [1.165, 1.54) is 12.3 Å². The van der Waals surface area contributed by atoms with Gasteiger partial charge in [0.05, 0.1) is 23.6 Å². The minimum absolute atomic E-state index is 0.133. The first kappa shape index (κ1) is 13.1. The van der Waals surface area contributed by atoms with Crippen molar-refractivity contribution in [3.05, 3.63) is 23.0 Å². The monoisotopic (exact) mass is 269 g/mol. The van der Waals surface area contributed by atoms with E-state index in [1.54, 1.807) is 7.11 Å². The highest BCUT2D eigenvalue weighted by atomic mass is 35.5. The molecular weight excluding hydrogens is 254 g/mol. The first-order chi connectivity index (χ1) is 8.60. The molecule has 18 heavy (non-hydrogen) atoms. The molecule has 98 valence electrons. The van der Waals surface area contributed by atoms with Gasteiger partial charge in [0.15, 0.2) is 0 Å². The summed E-state index contributed by atoms with van der Waals surface area (Å²) in [6.45, 7) is 0. The topological polar surface area (TPSA) is 77.2 Å². The molecule has 2 atom stereocenters. The summed E-state index contributed by atoms with van der Waals surface area (Å²) in [6, 6.07) is 1.61. The normalized spacial score (nSPS) is 23.0. The van der Waals surface area contributed by atoms with Crippen LogP contribution in [0.3, 0.4) is 0 Å². The van der Waals surface area contributed by atoms with Crippen molar-refractivity contribution in [3.8, 4) is 0 Å². The summed E-state index contributed by atoms with van der Waals surface area (Å²) in [6.07, 6.45) is 4.34. The zero-order chi connectivity index (χ0) is 13.1. The van der Waals surface area contributed by atoms with Crippen molar-refractivity contribution in [3.63, 3.8) is 0 Å². The van der Waals surface area contributed by atoms with Gasteiger partial charge in [-0.1, -0.05) is 11.6 Å². The molecule has 1 saturated carbocycles. The molecule has 0 spiro atoms. The number of ether oxygens (including phenoxy) is 1. The lowest BCUT2D eigenvalue weighted by atomic mass is 10.2. The fourth-order valence-corrected chi connectivity index (χ4v) is 2.34. The van der Waals surface area contributed by atoms with Crippen LogP contribution < -0.4 is 11.1 Å². The Bertz CT molecular complexity index is 453. The molecule has 6 heteroatoms. The van der Waals surface area contributed by atoms with Crippen LogP contribution in [0.5, 0.6) is 0 Å². The number of anilines is 1. The van der Waals surface area contributed by atoms with E-state index in [4.69, 9.17) is 22.1 Å². The maximum Gasteiger partial charge on any atom is 0.253 e. The molecule has 3 N–H and O–H groups in total.